The van der Waals surface area contributed by atoms with Gasteiger partial charge in [-0.25, -0.2) is 9.97 Å². The first-order valence-corrected chi connectivity index (χ1v) is 7.80. The van der Waals surface area contributed by atoms with E-state index in [4.69, 9.17) is 0 Å². The van der Waals surface area contributed by atoms with Crippen LogP contribution < -0.4 is 5.32 Å². The van der Waals surface area contributed by atoms with Crippen molar-refractivity contribution in [1.82, 2.24) is 15.3 Å². The van der Waals surface area contributed by atoms with Gasteiger partial charge >= 0.3 is 0 Å². The van der Waals surface area contributed by atoms with E-state index in [1.165, 1.54) is 10.4 Å². The van der Waals surface area contributed by atoms with Crippen LogP contribution in [0.15, 0.2) is 17.8 Å². The van der Waals surface area contributed by atoms with Gasteiger partial charge in [0, 0.05) is 12.5 Å². The van der Waals surface area contributed by atoms with E-state index < -0.39 is 0 Å². The lowest BCUT2D eigenvalue weighted by Gasteiger charge is -2.31. The van der Waals surface area contributed by atoms with Crippen LogP contribution in [-0.4, -0.2) is 22.6 Å². The van der Waals surface area contributed by atoms with Crippen LogP contribution in [0.1, 0.15) is 39.8 Å². The fourth-order valence-corrected chi connectivity index (χ4v) is 3.03. The summed E-state index contributed by atoms with van der Waals surface area (Å²) >= 11 is 1.74. The molecule has 2 aromatic heterocycles. The Balaban J connectivity index is 2.23. The molecule has 0 radical (unpaired) electrons. The Bertz CT molecular complexity index is 527. The predicted molar refractivity (Wildman–Crippen MR) is 82.7 cm³/mol. The molecule has 1 unspecified atom stereocenters. The van der Waals surface area contributed by atoms with Crippen LogP contribution >= 0.6 is 11.3 Å². The van der Waals surface area contributed by atoms with Crippen molar-refractivity contribution in [2.24, 2.45) is 5.41 Å². The molecule has 0 saturated heterocycles. The first-order valence-electron chi connectivity index (χ1n) is 6.93. The van der Waals surface area contributed by atoms with Crippen molar-refractivity contribution in [3.8, 4) is 0 Å². The van der Waals surface area contributed by atoms with Crippen LogP contribution in [0, 0.1) is 5.41 Å². The van der Waals surface area contributed by atoms with Crippen LogP contribution in [0.3, 0.4) is 0 Å². The van der Waals surface area contributed by atoms with E-state index in [0.717, 1.165) is 24.9 Å². The number of nitrogens with zero attached hydrogens (tertiary/aromatic N) is 2. The van der Waals surface area contributed by atoms with E-state index in [2.05, 4.69) is 54.4 Å². The molecule has 19 heavy (non-hydrogen) atoms. The van der Waals surface area contributed by atoms with Crippen molar-refractivity contribution in [3.05, 3.63) is 23.5 Å². The van der Waals surface area contributed by atoms with Crippen LogP contribution in [0.5, 0.6) is 0 Å². The van der Waals surface area contributed by atoms with Gasteiger partial charge in [0.05, 0.1) is 15.9 Å². The Morgan fingerprint density at radius 1 is 1.32 bits per heavy atom. The number of hydrogen-bond donors (Lipinski definition) is 1. The van der Waals surface area contributed by atoms with Gasteiger partial charge in [-0.2, -0.15) is 0 Å². The molecule has 0 saturated carbocycles. The number of hydrogen-bond acceptors (Lipinski definition) is 4. The molecule has 0 fully saturated rings. The predicted octanol–water partition coefficient (Wildman–Crippen LogP) is 3.65. The Kier molecular flexibility index (Phi) is 4.53. The van der Waals surface area contributed by atoms with Gasteiger partial charge in [0.15, 0.2) is 0 Å². The Morgan fingerprint density at radius 2 is 2.11 bits per heavy atom. The number of aromatic nitrogens is 2. The number of fused-ring (bicyclic) bond motifs is 1. The number of rotatable bonds is 5. The van der Waals surface area contributed by atoms with E-state index in [9.17, 15) is 0 Å². The highest BCUT2D eigenvalue weighted by molar-refractivity contribution is 7.17. The molecule has 2 heterocycles. The van der Waals surface area contributed by atoms with Crippen molar-refractivity contribution in [1.29, 1.82) is 0 Å². The number of thiophene rings is 1. The van der Waals surface area contributed by atoms with Gasteiger partial charge in [-0.3, -0.25) is 0 Å². The summed E-state index contributed by atoms with van der Waals surface area (Å²) in [6, 6.07) is 2.50. The van der Waals surface area contributed by atoms with Crippen molar-refractivity contribution < 1.29 is 0 Å². The van der Waals surface area contributed by atoms with Crippen molar-refractivity contribution >= 4 is 21.6 Å². The summed E-state index contributed by atoms with van der Waals surface area (Å²) < 4.78 is 1.23. The molecule has 0 aromatic carbocycles. The molecule has 1 N–H and O–H groups in total. The minimum Gasteiger partial charge on any atom is -0.313 e. The van der Waals surface area contributed by atoms with Gasteiger partial charge in [-0.05, 0) is 29.8 Å². The highest BCUT2D eigenvalue weighted by Crippen LogP contribution is 2.27. The van der Waals surface area contributed by atoms with Crippen LogP contribution in [0.25, 0.3) is 10.2 Å². The van der Waals surface area contributed by atoms with Gasteiger partial charge < -0.3 is 5.32 Å². The SMILES string of the molecule is CCCNC(Cc1ncnc2ccsc12)C(C)(C)C. The third-order valence-corrected chi connectivity index (χ3v) is 4.35. The zero-order valence-electron chi connectivity index (χ0n) is 12.2. The second-order valence-electron chi connectivity index (χ2n) is 6.03. The maximum atomic E-state index is 4.50. The Hall–Kier alpha value is -1.000. The average molecular weight is 277 g/mol. The summed E-state index contributed by atoms with van der Waals surface area (Å²) in [6.07, 6.45) is 3.80. The highest BCUT2D eigenvalue weighted by atomic mass is 32.1. The first-order chi connectivity index (χ1) is 9.02. The normalized spacial score (nSPS) is 13.9. The Morgan fingerprint density at radius 3 is 2.79 bits per heavy atom. The highest BCUT2D eigenvalue weighted by Gasteiger charge is 2.25. The molecular weight excluding hydrogens is 254 g/mol. The molecule has 0 aliphatic carbocycles. The molecule has 1 atom stereocenters. The lowest BCUT2D eigenvalue weighted by molar-refractivity contribution is 0.266. The third kappa shape index (κ3) is 3.51. The fourth-order valence-electron chi connectivity index (χ4n) is 2.18. The molecule has 0 amide bonds. The third-order valence-electron chi connectivity index (χ3n) is 3.40. The van der Waals surface area contributed by atoms with Crippen molar-refractivity contribution in [2.45, 2.75) is 46.6 Å². The van der Waals surface area contributed by atoms with Crippen molar-refractivity contribution in [3.63, 3.8) is 0 Å². The zero-order valence-corrected chi connectivity index (χ0v) is 13.0. The maximum absolute atomic E-state index is 4.50. The summed E-state index contributed by atoms with van der Waals surface area (Å²) in [7, 11) is 0. The van der Waals surface area contributed by atoms with Gasteiger partial charge in [-0.1, -0.05) is 27.7 Å². The zero-order chi connectivity index (χ0) is 13.9. The summed E-state index contributed by atoms with van der Waals surface area (Å²) in [5.74, 6) is 0. The molecule has 0 bridgehead atoms. The van der Waals surface area contributed by atoms with Crippen molar-refractivity contribution in [2.75, 3.05) is 6.54 Å². The van der Waals surface area contributed by atoms with Crippen LogP contribution in [-0.2, 0) is 6.42 Å². The van der Waals surface area contributed by atoms with Gasteiger partial charge in [0.25, 0.3) is 0 Å². The molecule has 4 heteroatoms. The summed E-state index contributed by atoms with van der Waals surface area (Å²) in [5.41, 5.74) is 2.46. The lowest BCUT2D eigenvalue weighted by atomic mass is 9.84. The molecule has 3 nitrogen and oxygen atoms in total. The topological polar surface area (TPSA) is 37.8 Å². The van der Waals surface area contributed by atoms with Gasteiger partial charge in [-0.15, -0.1) is 11.3 Å². The molecule has 0 aliphatic rings. The minimum atomic E-state index is 0.226. The molecule has 0 spiro atoms. The first kappa shape index (κ1) is 14.4. The Labute approximate surface area is 119 Å². The minimum absolute atomic E-state index is 0.226. The summed E-state index contributed by atoms with van der Waals surface area (Å²) in [6.45, 7) is 10.1. The van der Waals surface area contributed by atoms with E-state index in [1.54, 1.807) is 17.7 Å². The standard InChI is InChI=1S/C15H23N3S/c1-5-7-16-13(15(2,3)4)9-12-14-11(6-8-19-14)17-10-18-12/h6,8,10,13,16H,5,7,9H2,1-4H3. The van der Waals surface area contributed by atoms with Gasteiger partial charge in [0.2, 0.25) is 0 Å². The maximum Gasteiger partial charge on any atom is 0.116 e. The smallest absolute Gasteiger partial charge is 0.116 e. The van der Waals surface area contributed by atoms with E-state index in [1.807, 2.05) is 0 Å². The molecule has 104 valence electrons. The molecule has 2 rings (SSSR count). The van der Waals surface area contributed by atoms with Crippen LogP contribution in [0.4, 0.5) is 0 Å². The average Bonchev–Trinajstić information content (AvgIpc) is 2.81. The molecule has 2 aromatic rings. The quantitative estimate of drug-likeness (QED) is 0.906. The molecular formula is C15H23N3S. The summed E-state index contributed by atoms with van der Waals surface area (Å²) in [4.78, 5) is 8.81. The van der Waals surface area contributed by atoms with E-state index in [-0.39, 0.29) is 5.41 Å². The van der Waals surface area contributed by atoms with E-state index in [0.29, 0.717) is 6.04 Å². The second-order valence-corrected chi connectivity index (χ2v) is 6.95. The lowest BCUT2D eigenvalue weighted by Crippen LogP contribution is -2.42. The van der Waals surface area contributed by atoms with Gasteiger partial charge in [0.1, 0.15) is 6.33 Å². The molecule has 0 aliphatic heterocycles. The monoisotopic (exact) mass is 277 g/mol. The second kappa shape index (κ2) is 5.97. The number of nitrogens with one attached hydrogen (secondary N) is 1. The van der Waals surface area contributed by atoms with Crippen LogP contribution in [0.2, 0.25) is 0 Å². The van der Waals surface area contributed by atoms with E-state index >= 15 is 0 Å². The largest absolute Gasteiger partial charge is 0.313 e. The fraction of sp³-hybridized carbons (Fsp3) is 0.600. The summed E-state index contributed by atoms with van der Waals surface area (Å²) in [5, 5.41) is 5.75.